The van der Waals surface area contributed by atoms with Gasteiger partial charge in [-0.05, 0) is 50.8 Å². The first-order valence-electron chi connectivity index (χ1n) is 6.92. The molecule has 3 nitrogen and oxygen atoms in total. The Hall–Kier alpha value is -1.82. The Morgan fingerprint density at radius 1 is 1.37 bits per heavy atom. The molecule has 1 fully saturated rings. The molecule has 1 aromatic rings. The number of likely N-dealkylation sites (tertiary alicyclic amines) is 1. The van der Waals surface area contributed by atoms with Gasteiger partial charge in [0.15, 0.2) is 0 Å². The van der Waals surface area contributed by atoms with Crippen LogP contribution >= 0.6 is 0 Å². The Labute approximate surface area is 114 Å². The summed E-state index contributed by atoms with van der Waals surface area (Å²) < 4.78 is 0. The molecular weight excluding hydrogens is 236 g/mol. The highest BCUT2D eigenvalue weighted by Gasteiger charge is 2.29. The summed E-state index contributed by atoms with van der Waals surface area (Å²) in [6.45, 7) is 4.24. The van der Waals surface area contributed by atoms with Crippen LogP contribution in [0.15, 0.2) is 24.3 Å². The van der Waals surface area contributed by atoms with Crippen molar-refractivity contribution in [2.75, 3.05) is 0 Å². The van der Waals surface area contributed by atoms with Crippen molar-refractivity contribution in [3.63, 3.8) is 0 Å². The number of hydrogen-bond acceptors (Lipinski definition) is 2. The lowest BCUT2D eigenvalue weighted by Gasteiger charge is -2.39. The van der Waals surface area contributed by atoms with Crippen LogP contribution in [0.3, 0.4) is 0 Å². The van der Waals surface area contributed by atoms with E-state index in [0.717, 1.165) is 18.4 Å². The van der Waals surface area contributed by atoms with Crippen molar-refractivity contribution in [1.29, 1.82) is 5.26 Å². The topological polar surface area (TPSA) is 44.1 Å². The van der Waals surface area contributed by atoms with Gasteiger partial charge in [0, 0.05) is 17.6 Å². The molecule has 0 aromatic heterocycles. The zero-order valence-corrected chi connectivity index (χ0v) is 11.6. The second-order valence-electron chi connectivity index (χ2n) is 5.38. The predicted molar refractivity (Wildman–Crippen MR) is 74.7 cm³/mol. The van der Waals surface area contributed by atoms with E-state index in [0.29, 0.717) is 24.1 Å². The fourth-order valence-electron chi connectivity index (χ4n) is 2.88. The third-order valence-corrected chi connectivity index (χ3v) is 3.89. The zero-order valence-electron chi connectivity index (χ0n) is 11.6. The summed E-state index contributed by atoms with van der Waals surface area (Å²) in [5.74, 6) is 0.0967. The fraction of sp³-hybridized carbons (Fsp3) is 0.500. The second kappa shape index (κ2) is 5.88. The smallest absolute Gasteiger partial charge is 0.254 e. The summed E-state index contributed by atoms with van der Waals surface area (Å²) in [4.78, 5) is 14.6. The first kappa shape index (κ1) is 13.6. The maximum Gasteiger partial charge on any atom is 0.254 e. The van der Waals surface area contributed by atoms with Gasteiger partial charge in [-0.3, -0.25) is 4.79 Å². The Morgan fingerprint density at radius 2 is 2.05 bits per heavy atom. The van der Waals surface area contributed by atoms with E-state index in [-0.39, 0.29) is 5.91 Å². The number of amides is 1. The third-order valence-electron chi connectivity index (χ3n) is 3.89. The lowest BCUT2D eigenvalue weighted by molar-refractivity contribution is 0.0510. The molecule has 0 radical (unpaired) electrons. The van der Waals surface area contributed by atoms with Crippen molar-refractivity contribution in [2.24, 2.45) is 0 Å². The molecule has 1 aliphatic rings. The molecular formula is C16H20N2O. The first-order valence-corrected chi connectivity index (χ1v) is 6.92. The van der Waals surface area contributed by atoms with Crippen LogP contribution < -0.4 is 0 Å². The highest BCUT2D eigenvalue weighted by molar-refractivity contribution is 5.94. The van der Waals surface area contributed by atoms with E-state index in [1.54, 1.807) is 0 Å². The molecule has 0 bridgehead atoms. The molecule has 2 rings (SSSR count). The largest absolute Gasteiger partial charge is 0.333 e. The van der Waals surface area contributed by atoms with E-state index in [9.17, 15) is 4.79 Å². The molecule has 100 valence electrons. The maximum absolute atomic E-state index is 12.6. The van der Waals surface area contributed by atoms with Crippen molar-refractivity contribution in [2.45, 2.75) is 51.6 Å². The number of rotatable bonds is 2. The molecule has 1 aromatic carbocycles. The van der Waals surface area contributed by atoms with Crippen LogP contribution in [-0.2, 0) is 6.42 Å². The van der Waals surface area contributed by atoms with E-state index in [1.807, 2.05) is 29.2 Å². The van der Waals surface area contributed by atoms with Crippen LogP contribution in [0.2, 0.25) is 0 Å². The summed E-state index contributed by atoms with van der Waals surface area (Å²) in [6, 6.07) is 10.2. The molecule has 0 N–H and O–H groups in total. The minimum atomic E-state index is 0.0967. The van der Waals surface area contributed by atoms with E-state index < -0.39 is 0 Å². The number of carbonyl (C=O) groups excluding carboxylic acids is 1. The number of hydrogen-bond donors (Lipinski definition) is 0. The molecule has 0 spiro atoms. The Bertz CT molecular complexity index is 494. The van der Waals surface area contributed by atoms with Gasteiger partial charge in [0.2, 0.25) is 0 Å². The Balaban J connectivity index is 2.23. The molecule has 0 saturated carbocycles. The normalized spacial score (nSPS) is 22.9. The van der Waals surface area contributed by atoms with Gasteiger partial charge >= 0.3 is 0 Å². The highest BCUT2D eigenvalue weighted by Crippen LogP contribution is 2.24. The predicted octanol–water partition coefficient (Wildman–Crippen LogP) is 3.16. The quantitative estimate of drug-likeness (QED) is 0.815. The summed E-state index contributed by atoms with van der Waals surface area (Å²) in [7, 11) is 0. The minimum Gasteiger partial charge on any atom is -0.333 e. The molecule has 1 aliphatic heterocycles. The molecule has 2 atom stereocenters. The van der Waals surface area contributed by atoms with Gasteiger partial charge < -0.3 is 4.90 Å². The van der Waals surface area contributed by atoms with Crippen molar-refractivity contribution < 1.29 is 4.79 Å². The molecule has 1 heterocycles. The summed E-state index contributed by atoms with van der Waals surface area (Å²) in [5.41, 5.74) is 1.61. The zero-order chi connectivity index (χ0) is 13.8. The number of nitrogens with zero attached hydrogens (tertiary/aromatic N) is 2. The van der Waals surface area contributed by atoms with Crippen molar-refractivity contribution in [1.82, 2.24) is 4.90 Å². The Morgan fingerprint density at radius 3 is 2.68 bits per heavy atom. The lowest BCUT2D eigenvalue weighted by atomic mass is 9.96. The van der Waals surface area contributed by atoms with Gasteiger partial charge in [-0.15, -0.1) is 0 Å². The third kappa shape index (κ3) is 2.96. The van der Waals surface area contributed by atoms with E-state index >= 15 is 0 Å². The number of carbonyl (C=O) groups is 1. The average Bonchev–Trinajstić information content (AvgIpc) is 2.39. The van der Waals surface area contributed by atoms with Crippen LogP contribution in [0, 0.1) is 11.3 Å². The van der Waals surface area contributed by atoms with Gasteiger partial charge in [-0.2, -0.15) is 5.26 Å². The van der Waals surface area contributed by atoms with Gasteiger partial charge in [-0.25, -0.2) is 0 Å². The van der Waals surface area contributed by atoms with Gasteiger partial charge in [0.05, 0.1) is 12.5 Å². The minimum absolute atomic E-state index is 0.0967. The monoisotopic (exact) mass is 256 g/mol. The Kier molecular flexibility index (Phi) is 4.21. The summed E-state index contributed by atoms with van der Waals surface area (Å²) >= 11 is 0. The molecule has 19 heavy (non-hydrogen) atoms. The summed E-state index contributed by atoms with van der Waals surface area (Å²) in [6.07, 6.45) is 3.70. The average molecular weight is 256 g/mol. The highest BCUT2D eigenvalue weighted by atomic mass is 16.2. The summed E-state index contributed by atoms with van der Waals surface area (Å²) in [5, 5.41) is 8.74. The molecule has 0 aliphatic carbocycles. The van der Waals surface area contributed by atoms with E-state index in [1.165, 1.54) is 6.42 Å². The van der Waals surface area contributed by atoms with Gasteiger partial charge in [0.25, 0.3) is 5.91 Å². The molecule has 3 heteroatoms. The number of nitriles is 1. The number of piperidine rings is 1. The molecule has 2 unspecified atom stereocenters. The standard InChI is InChI=1S/C16H20N2O/c1-12-5-3-6-13(2)18(12)16(19)15-8-4-7-14(11-15)9-10-17/h4,7-8,11-13H,3,5-6,9H2,1-2H3. The van der Waals surface area contributed by atoms with Crippen molar-refractivity contribution >= 4 is 5.91 Å². The van der Waals surface area contributed by atoms with Crippen LogP contribution in [0.25, 0.3) is 0 Å². The molecule has 1 saturated heterocycles. The maximum atomic E-state index is 12.6. The van der Waals surface area contributed by atoms with E-state index in [4.69, 9.17) is 5.26 Å². The van der Waals surface area contributed by atoms with Crippen LogP contribution in [0.5, 0.6) is 0 Å². The van der Waals surface area contributed by atoms with Crippen molar-refractivity contribution in [3.05, 3.63) is 35.4 Å². The molecule has 1 amide bonds. The fourth-order valence-corrected chi connectivity index (χ4v) is 2.88. The van der Waals surface area contributed by atoms with Crippen molar-refractivity contribution in [3.8, 4) is 6.07 Å². The van der Waals surface area contributed by atoms with Crippen LogP contribution in [0.1, 0.15) is 49.0 Å². The van der Waals surface area contributed by atoms with Gasteiger partial charge in [0.1, 0.15) is 0 Å². The van der Waals surface area contributed by atoms with E-state index in [2.05, 4.69) is 19.9 Å². The lowest BCUT2D eigenvalue weighted by Crippen LogP contribution is -2.47. The SMILES string of the molecule is CC1CCCC(C)N1C(=O)c1cccc(CC#N)c1. The number of benzene rings is 1. The van der Waals surface area contributed by atoms with Crippen LogP contribution in [-0.4, -0.2) is 22.9 Å². The van der Waals surface area contributed by atoms with Crippen LogP contribution in [0.4, 0.5) is 0 Å². The van der Waals surface area contributed by atoms with Gasteiger partial charge in [-0.1, -0.05) is 12.1 Å². The first-order chi connectivity index (χ1) is 9.13. The second-order valence-corrected chi connectivity index (χ2v) is 5.38.